The summed E-state index contributed by atoms with van der Waals surface area (Å²) in [4.78, 5) is 11.0. The van der Waals surface area contributed by atoms with Crippen molar-refractivity contribution in [2.75, 3.05) is 0 Å². The van der Waals surface area contributed by atoms with Gasteiger partial charge in [-0.1, -0.05) is 40.6 Å². The molecule has 2 rings (SSSR count). The van der Waals surface area contributed by atoms with Gasteiger partial charge in [-0.15, -0.1) is 0 Å². The Morgan fingerprint density at radius 1 is 1.31 bits per heavy atom. The predicted octanol–water partition coefficient (Wildman–Crippen LogP) is 3.35. The second-order valence-electron chi connectivity index (χ2n) is 3.16. The third-order valence-corrected chi connectivity index (χ3v) is 4.72. The molecule has 0 bridgehead atoms. The van der Waals surface area contributed by atoms with Crippen LogP contribution in [0.25, 0.3) is 0 Å². The fourth-order valence-corrected chi connectivity index (χ4v) is 3.75. The van der Waals surface area contributed by atoms with Gasteiger partial charge in [-0.25, -0.2) is 0 Å². The van der Waals surface area contributed by atoms with Crippen molar-refractivity contribution in [1.82, 2.24) is 0 Å². The highest BCUT2D eigenvalue weighted by Crippen LogP contribution is 2.48. The molecule has 0 radical (unpaired) electrons. The number of carbonyl (C=O) groups excluding carboxylic acids is 1. The summed E-state index contributed by atoms with van der Waals surface area (Å²) in [5, 5.41) is 0.675. The second kappa shape index (κ2) is 3.76. The van der Waals surface area contributed by atoms with Crippen molar-refractivity contribution in [3.8, 4) is 0 Å². The fourth-order valence-electron chi connectivity index (χ4n) is 1.29. The highest BCUT2D eigenvalue weighted by atomic mass is 33.1. The van der Waals surface area contributed by atoms with E-state index >= 15 is 0 Å². The molecule has 1 unspecified atom stereocenters. The molecule has 1 aliphatic heterocycles. The monoisotopic (exact) mass is 210 g/mol. The molecule has 1 atom stereocenters. The third kappa shape index (κ3) is 2.09. The average Bonchev–Trinajstić information content (AvgIpc) is 2.53. The predicted molar refractivity (Wildman–Crippen MR) is 58.7 cm³/mol. The number of aryl methyl sites for hydroxylation is 1. The van der Waals surface area contributed by atoms with Crippen LogP contribution in [0.2, 0.25) is 0 Å². The van der Waals surface area contributed by atoms with E-state index in [1.54, 1.807) is 10.8 Å². The molecule has 0 aliphatic carbocycles. The fraction of sp³-hybridized carbons (Fsp3) is 0.300. The van der Waals surface area contributed by atoms with Crippen molar-refractivity contribution in [2.45, 2.75) is 18.6 Å². The van der Waals surface area contributed by atoms with Gasteiger partial charge in [-0.05, 0) is 23.3 Å². The van der Waals surface area contributed by atoms with Gasteiger partial charge < -0.3 is 0 Å². The van der Waals surface area contributed by atoms with Crippen molar-refractivity contribution in [3.05, 3.63) is 35.4 Å². The van der Waals surface area contributed by atoms with Gasteiger partial charge in [-0.3, -0.25) is 4.79 Å². The average molecular weight is 210 g/mol. The summed E-state index contributed by atoms with van der Waals surface area (Å²) < 4.78 is 0. The van der Waals surface area contributed by atoms with Crippen LogP contribution in [0.15, 0.2) is 24.3 Å². The van der Waals surface area contributed by atoms with Gasteiger partial charge in [0.1, 0.15) is 0 Å². The Hall–Kier alpha value is -0.410. The minimum Gasteiger partial charge on any atom is -0.286 e. The molecule has 0 aromatic heterocycles. The van der Waals surface area contributed by atoms with Gasteiger partial charge in [0.15, 0.2) is 0 Å². The Labute approximate surface area is 85.7 Å². The Morgan fingerprint density at radius 2 is 2.00 bits per heavy atom. The van der Waals surface area contributed by atoms with Crippen molar-refractivity contribution < 1.29 is 4.79 Å². The first kappa shape index (κ1) is 9.16. The molecule has 1 heterocycles. The molecule has 0 N–H and O–H groups in total. The van der Waals surface area contributed by atoms with Crippen LogP contribution in [0.4, 0.5) is 0 Å². The van der Waals surface area contributed by atoms with Crippen molar-refractivity contribution in [3.63, 3.8) is 0 Å². The zero-order chi connectivity index (χ0) is 9.26. The highest BCUT2D eigenvalue weighted by molar-refractivity contribution is 8.82. The minimum absolute atomic E-state index is 0.301. The van der Waals surface area contributed by atoms with Gasteiger partial charge >= 0.3 is 0 Å². The van der Waals surface area contributed by atoms with Crippen LogP contribution in [0.5, 0.6) is 0 Å². The summed E-state index contributed by atoms with van der Waals surface area (Å²) in [5.41, 5.74) is 2.54. The molecule has 68 valence electrons. The van der Waals surface area contributed by atoms with E-state index < -0.39 is 0 Å². The van der Waals surface area contributed by atoms with Gasteiger partial charge in [0.25, 0.3) is 0 Å². The largest absolute Gasteiger partial charge is 0.286 e. The van der Waals surface area contributed by atoms with Crippen LogP contribution >= 0.6 is 21.6 Å². The van der Waals surface area contributed by atoms with E-state index in [0.717, 1.165) is 0 Å². The van der Waals surface area contributed by atoms with E-state index in [9.17, 15) is 4.79 Å². The van der Waals surface area contributed by atoms with E-state index in [1.165, 1.54) is 21.9 Å². The molecule has 1 nitrogen and oxygen atoms in total. The van der Waals surface area contributed by atoms with E-state index in [1.807, 2.05) is 0 Å². The molecule has 1 fully saturated rings. The highest BCUT2D eigenvalue weighted by Gasteiger charge is 2.25. The lowest BCUT2D eigenvalue weighted by Crippen LogP contribution is -1.91. The number of carbonyl (C=O) groups is 1. The lowest BCUT2D eigenvalue weighted by atomic mass is 10.1. The topological polar surface area (TPSA) is 17.1 Å². The van der Waals surface area contributed by atoms with E-state index in [2.05, 4.69) is 31.2 Å². The normalized spacial score (nSPS) is 22.2. The third-order valence-electron chi connectivity index (χ3n) is 2.06. The van der Waals surface area contributed by atoms with Crippen LogP contribution in [-0.4, -0.2) is 5.12 Å². The molecular weight excluding hydrogens is 200 g/mol. The maximum absolute atomic E-state index is 11.0. The first-order valence-electron chi connectivity index (χ1n) is 4.18. The summed E-state index contributed by atoms with van der Waals surface area (Å²) in [6.45, 7) is 2.07. The van der Waals surface area contributed by atoms with Crippen LogP contribution in [0, 0.1) is 6.92 Å². The molecule has 1 aromatic rings. The number of benzene rings is 1. The summed E-state index contributed by atoms with van der Waals surface area (Å²) in [6, 6.07) is 8.44. The molecule has 0 spiro atoms. The van der Waals surface area contributed by atoms with Crippen LogP contribution in [0.3, 0.4) is 0 Å². The molecule has 0 saturated carbocycles. The zero-order valence-electron chi connectivity index (χ0n) is 7.32. The first-order chi connectivity index (χ1) is 6.25. The number of hydrogen-bond acceptors (Lipinski definition) is 3. The lowest BCUT2D eigenvalue weighted by molar-refractivity contribution is -0.110. The van der Waals surface area contributed by atoms with Crippen molar-refractivity contribution in [1.29, 1.82) is 0 Å². The molecule has 1 aromatic carbocycles. The van der Waals surface area contributed by atoms with Crippen molar-refractivity contribution in [2.24, 2.45) is 0 Å². The van der Waals surface area contributed by atoms with E-state index in [-0.39, 0.29) is 0 Å². The molecule has 0 amide bonds. The zero-order valence-corrected chi connectivity index (χ0v) is 8.95. The van der Waals surface area contributed by atoms with Gasteiger partial charge in [0.2, 0.25) is 5.12 Å². The van der Waals surface area contributed by atoms with E-state index in [4.69, 9.17) is 0 Å². The maximum atomic E-state index is 11.0. The number of hydrogen-bond donors (Lipinski definition) is 0. The summed E-state index contributed by atoms with van der Waals surface area (Å²) in [7, 11) is 3.06. The molecular formula is C10H10OS2. The van der Waals surface area contributed by atoms with Gasteiger partial charge in [-0.2, -0.15) is 0 Å². The molecule has 3 heteroatoms. The van der Waals surface area contributed by atoms with Crippen LogP contribution in [-0.2, 0) is 4.79 Å². The molecule has 1 aliphatic rings. The number of rotatable bonds is 1. The Morgan fingerprint density at radius 3 is 2.54 bits per heavy atom. The van der Waals surface area contributed by atoms with Gasteiger partial charge in [0.05, 0.1) is 0 Å². The maximum Gasteiger partial charge on any atom is 0.200 e. The van der Waals surface area contributed by atoms with Crippen LogP contribution < -0.4 is 0 Å². The van der Waals surface area contributed by atoms with Crippen molar-refractivity contribution >= 4 is 26.7 Å². The standard InChI is InChI=1S/C10H10OS2/c1-7-2-4-8(5-3-7)9-6-10(11)13-12-9/h2-5,9H,6H2,1H3. The Kier molecular flexibility index (Phi) is 2.65. The first-order valence-corrected chi connectivity index (χ1v) is 6.40. The summed E-state index contributed by atoms with van der Waals surface area (Å²) >= 11 is 0. The molecule has 1 saturated heterocycles. The SMILES string of the molecule is Cc1ccc(C2CC(=O)SS2)cc1. The minimum atomic E-state index is 0.301. The van der Waals surface area contributed by atoms with Crippen LogP contribution in [0.1, 0.15) is 22.8 Å². The summed E-state index contributed by atoms with van der Waals surface area (Å²) in [6.07, 6.45) is 0.679. The quantitative estimate of drug-likeness (QED) is 0.662. The molecule has 13 heavy (non-hydrogen) atoms. The Bertz CT molecular complexity index is 318. The second-order valence-corrected chi connectivity index (χ2v) is 5.62. The van der Waals surface area contributed by atoms with Gasteiger partial charge in [0, 0.05) is 11.7 Å². The summed E-state index contributed by atoms with van der Waals surface area (Å²) in [5.74, 6) is 0. The smallest absolute Gasteiger partial charge is 0.200 e. The lowest BCUT2D eigenvalue weighted by Gasteiger charge is -2.06. The van der Waals surface area contributed by atoms with E-state index in [0.29, 0.717) is 16.8 Å². The Balaban J connectivity index is 2.17.